The molecule has 0 fully saturated rings. The number of ketones is 1. The van der Waals surface area contributed by atoms with E-state index < -0.39 is 0 Å². The number of carbonyl (C=O) groups is 1. The third kappa shape index (κ3) is 3.11. The molecule has 0 heterocycles. The molecular weight excluding hydrogens is 232 g/mol. The van der Waals surface area contributed by atoms with Crippen LogP contribution in [0, 0.1) is 13.8 Å². The van der Waals surface area contributed by atoms with E-state index in [0.29, 0.717) is 6.42 Å². The van der Waals surface area contributed by atoms with Crippen molar-refractivity contribution in [3.05, 3.63) is 70.3 Å². The standard InChI is InChI=1S/C18H20O/c1-4-18(19)17-11-13(2)10-16(14(17)3)12-15-8-6-5-7-9-15/h5-11H,4,12H2,1-3H3. The quantitative estimate of drug-likeness (QED) is 0.733. The number of aryl methyl sites for hydroxylation is 1. The Hall–Kier alpha value is -1.89. The molecule has 0 saturated heterocycles. The van der Waals surface area contributed by atoms with Gasteiger partial charge >= 0.3 is 0 Å². The fourth-order valence-corrected chi connectivity index (χ4v) is 2.41. The molecule has 0 atom stereocenters. The van der Waals surface area contributed by atoms with Gasteiger partial charge in [-0.05, 0) is 43.0 Å². The first-order valence-electron chi connectivity index (χ1n) is 6.79. The molecule has 2 aromatic rings. The van der Waals surface area contributed by atoms with Crippen LogP contribution in [0.4, 0.5) is 0 Å². The van der Waals surface area contributed by atoms with Crippen LogP contribution in [-0.2, 0) is 6.42 Å². The number of carbonyl (C=O) groups excluding carboxylic acids is 1. The highest BCUT2D eigenvalue weighted by molar-refractivity contribution is 5.97. The van der Waals surface area contributed by atoms with Crippen molar-refractivity contribution in [2.24, 2.45) is 0 Å². The zero-order chi connectivity index (χ0) is 13.8. The summed E-state index contributed by atoms with van der Waals surface area (Å²) in [6.45, 7) is 6.03. The zero-order valence-electron chi connectivity index (χ0n) is 11.9. The Kier molecular flexibility index (Phi) is 4.16. The van der Waals surface area contributed by atoms with Crippen molar-refractivity contribution < 1.29 is 4.79 Å². The van der Waals surface area contributed by atoms with E-state index in [9.17, 15) is 4.79 Å². The molecule has 0 unspecified atom stereocenters. The largest absolute Gasteiger partial charge is 0.294 e. The maximum absolute atomic E-state index is 12.0. The SMILES string of the molecule is CCC(=O)c1cc(C)cc(Cc2ccccc2)c1C. The fourth-order valence-electron chi connectivity index (χ4n) is 2.41. The molecule has 0 bridgehead atoms. The minimum Gasteiger partial charge on any atom is -0.294 e. The zero-order valence-corrected chi connectivity index (χ0v) is 11.9. The summed E-state index contributed by atoms with van der Waals surface area (Å²) in [5.41, 5.74) is 5.71. The van der Waals surface area contributed by atoms with Gasteiger partial charge in [0.25, 0.3) is 0 Å². The van der Waals surface area contributed by atoms with Gasteiger partial charge < -0.3 is 0 Å². The summed E-state index contributed by atoms with van der Waals surface area (Å²) in [4.78, 5) is 12.0. The van der Waals surface area contributed by atoms with Crippen LogP contribution < -0.4 is 0 Å². The van der Waals surface area contributed by atoms with Gasteiger partial charge in [-0.15, -0.1) is 0 Å². The van der Waals surface area contributed by atoms with Crippen LogP contribution in [0.2, 0.25) is 0 Å². The van der Waals surface area contributed by atoms with Crippen LogP contribution in [0.5, 0.6) is 0 Å². The lowest BCUT2D eigenvalue weighted by atomic mass is 9.92. The molecular formula is C18H20O. The van der Waals surface area contributed by atoms with Crippen molar-refractivity contribution in [2.75, 3.05) is 0 Å². The normalized spacial score (nSPS) is 10.5. The van der Waals surface area contributed by atoms with Crippen molar-refractivity contribution in [1.82, 2.24) is 0 Å². The topological polar surface area (TPSA) is 17.1 Å². The Bertz CT molecular complexity index is 582. The molecule has 2 aromatic carbocycles. The minimum atomic E-state index is 0.232. The van der Waals surface area contributed by atoms with E-state index in [2.05, 4.69) is 44.2 Å². The molecule has 98 valence electrons. The van der Waals surface area contributed by atoms with Crippen LogP contribution in [0.15, 0.2) is 42.5 Å². The molecule has 0 aliphatic rings. The van der Waals surface area contributed by atoms with Crippen molar-refractivity contribution in [3.63, 3.8) is 0 Å². The number of Topliss-reactive ketones (excluding diaryl/α,β-unsaturated/α-hetero) is 1. The van der Waals surface area contributed by atoms with Crippen molar-refractivity contribution in [3.8, 4) is 0 Å². The first kappa shape index (κ1) is 13.5. The Morgan fingerprint density at radius 2 is 1.74 bits per heavy atom. The first-order chi connectivity index (χ1) is 9.11. The highest BCUT2D eigenvalue weighted by Crippen LogP contribution is 2.21. The monoisotopic (exact) mass is 252 g/mol. The maximum Gasteiger partial charge on any atom is 0.162 e. The molecule has 0 amide bonds. The summed E-state index contributed by atoms with van der Waals surface area (Å²) >= 11 is 0. The van der Waals surface area contributed by atoms with Crippen LogP contribution in [0.1, 0.15) is 46.0 Å². The summed E-state index contributed by atoms with van der Waals surface area (Å²) < 4.78 is 0. The molecule has 0 aliphatic carbocycles. The lowest BCUT2D eigenvalue weighted by molar-refractivity contribution is 0.0987. The number of rotatable bonds is 4. The molecule has 1 heteroatoms. The second-order valence-corrected chi connectivity index (χ2v) is 5.04. The summed E-state index contributed by atoms with van der Waals surface area (Å²) in [6.07, 6.45) is 1.45. The van der Waals surface area contributed by atoms with Crippen molar-refractivity contribution >= 4 is 5.78 Å². The van der Waals surface area contributed by atoms with Gasteiger partial charge in [-0.25, -0.2) is 0 Å². The number of hydrogen-bond donors (Lipinski definition) is 0. The molecule has 0 aliphatic heterocycles. The first-order valence-corrected chi connectivity index (χ1v) is 6.79. The van der Waals surface area contributed by atoms with Crippen LogP contribution in [0.25, 0.3) is 0 Å². The Morgan fingerprint density at radius 1 is 1.05 bits per heavy atom. The highest BCUT2D eigenvalue weighted by atomic mass is 16.1. The molecule has 0 aromatic heterocycles. The van der Waals surface area contributed by atoms with Crippen LogP contribution in [-0.4, -0.2) is 5.78 Å². The van der Waals surface area contributed by atoms with E-state index in [0.717, 1.165) is 23.1 Å². The van der Waals surface area contributed by atoms with E-state index >= 15 is 0 Å². The van der Waals surface area contributed by atoms with Crippen molar-refractivity contribution in [2.45, 2.75) is 33.6 Å². The fraction of sp³-hybridized carbons (Fsp3) is 0.278. The smallest absolute Gasteiger partial charge is 0.162 e. The van der Waals surface area contributed by atoms with Crippen LogP contribution >= 0.6 is 0 Å². The lowest BCUT2D eigenvalue weighted by Crippen LogP contribution is -2.04. The molecule has 0 N–H and O–H groups in total. The molecule has 19 heavy (non-hydrogen) atoms. The molecule has 1 nitrogen and oxygen atoms in total. The predicted octanol–water partition coefficient (Wildman–Crippen LogP) is 4.49. The average Bonchev–Trinajstić information content (AvgIpc) is 2.42. The van der Waals surface area contributed by atoms with Gasteiger partial charge in [0.1, 0.15) is 0 Å². The minimum absolute atomic E-state index is 0.232. The van der Waals surface area contributed by atoms with Gasteiger partial charge in [0, 0.05) is 12.0 Å². The van der Waals surface area contributed by atoms with Gasteiger partial charge in [-0.3, -0.25) is 4.79 Å². The Morgan fingerprint density at radius 3 is 2.37 bits per heavy atom. The predicted molar refractivity (Wildman–Crippen MR) is 79.8 cm³/mol. The highest BCUT2D eigenvalue weighted by Gasteiger charge is 2.11. The van der Waals surface area contributed by atoms with Gasteiger partial charge in [0.2, 0.25) is 0 Å². The van der Waals surface area contributed by atoms with Gasteiger partial charge in [0.05, 0.1) is 0 Å². The average molecular weight is 252 g/mol. The van der Waals surface area contributed by atoms with Gasteiger partial charge in [0.15, 0.2) is 5.78 Å². The molecule has 2 rings (SSSR count). The summed E-state index contributed by atoms with van der Waals surface area (Å²) in [5.74, 6) is 0.232. The lowest BCUT2D eigenvalue weighted by Gasteiger charge is -2.12. The third-order valence-corrected chi connectivity index (χ3v) is 3.52. The molecule has 0 radical (unpaired) electrons. The second kappa shape index (κ2) is 5.83. The summed E-state index contributed by atoms with van der Waals surface area (Å²) in [7, 11) is 0. The number of benzene rings is 2. The summed E-state index contributed by atoms with van der Waals surface area (Å²) in [6, 6.07) is 14.6. The van der Waals surface area contributed by atoms with E-state index in [-0.39, 0.29) is 5.78 Å². The van der Waals surface area contributed by atoms with E-state index in [1.54, 1.807) is 0 Å². The second-order valence-electron chi connectivity index (χ2n) is 5.04. The third-order valence-electron chi connectivity index (χ3n) is 3.52. The molecule has 0 saturated carbocycles. The van der Waals surface area contributed by atoms with E-state index in [4.69, 9.17) is 0 Å². The van der Waals surface area contributed by atoms with Crippen LogP contribution in [0.3, 0.4) is 0 Å². The Balaban J connectivity index is 2.41. The van der Waals surface area contributed by atoms with Gasteiger partial charge in [-0.1, -0.05) is 48.9 Å². The maximum atomic E-state index is 12.0. The van der Waals surface area contributed by atoms with Gasteiger partial charge in [-0.2, -0.15) is 0 Å². The van der Waals surface area contributed by atoms with E-state index in [1.165, 1.54) is 11.1 Å². The summed E-state index contributed by atoms with van der Waals surface area (Å²) in [5, 5.41) is 0. The Labute approximate surface area is 115 Å². The molecule has 0 spiro atoms. The van der Waals surface area contributed by atoms with E-state index in [1.807, 2.05) is 19.1 Å². The number of hydrogen-bond acceptors (Lipinski definition) is 1. The van der Waals surface area contributed by atoms with Crippen molar-refractivity contribution in [1.29, 1.82) is 0 Å².